The first kappa shape index (κ1) is 7.53. The van der Waals surface area contributed by atoms with Crippen LogP contribution in [0.3, 0.4) is 0 Å². The molecule has 0 aromatic heterocycles. The lowest BCUT2D eigenvalue weighted by molar-refractivity contribution is -0.131. The quantitative estimate of drug-likeness (QED) is 0.511. The first-order chi connectivity index (χ1) is 4.43. The molecule has 1 aliphatic heterocycles. The first-order valence-corrected chi connectivity index (χ1v) is 4.87. The number of carbonyl (C=O) groups is 1. The second kappa shape index (κ2) is 1.95. The number of rotatable bonds is 1. The van der Waals surface area contributed by atoms with Gasteiger partial charge < -0.3 is 5.32 Å². The van der Waals surface area contributed by atoms with Crippen molar-refractivity contribution in [3.63, 3.8) is 0 Å². The van der Waals surface area contributed by atoms with Crippen molar-refractivity contribution >= 4 is 15.7 Å². The summed E-state index contributed by atoms with van der Waals surface area (Å²) in [5, 5.41) is 1.65. The Morgan fingerprint density at radius 1 is 1.50 bits per heavy atom. The summed E-state index contributed by atoms with van der Waals surface area (Å²) >= 11 is 0. The molecule has 0 spiro atoms. The van der Waals surface area contributed by atoms with Crippen LogP contribution in [-0.4, -0.2) is 26.0 Å². The van der Waals surface area contributed by atoms with E-state index in [1.165, 1.54) is 0 Å². The zero-order chi connectivity index (χ0) is 7.94. The van der Waals surface area contributed by atoms with Crippen molar-refractivity contribution in [3.05, 3.63) is 0 Å². The van der Waals surface area contributed by atoms with Gasteiger partial charge in [-0.1, -0.05) is 6.92 Å². The average Bonchev–Trinajstić information content (AvgIpc) is 1.79. The molecule has 0 aliphatic carbocycles. The van der Waals surface area contributed by atoms with Gasteiger partial charge in [0.1, 0.15) is 5.37 Å². The fraction of sp³-hybridized carbons (Fsp3) is 0.800. The third-order valence-corrected chi connectivity index (χ3v) is 3.06. The number of nitrogens with one attached hydrogen (secondary N) is 1. The lowest BCUT2D eigenvalue weighted by Gasteiger charge is -2.32. The third-order valence-electron chi connectivity index (χ3n) is 1.61. The molecule has 0 radical (unpaired) electrons. The van der Waals surface area contributed by atoms with Crippen LogP contribution in [0.25, 0.3) is 0 Å². The monoisotopic (exact) mass is 163 g/mol. The minimum absolute atomic E-state index is 0.185. The molecular weight excluding hydrogens is 154 g/mol. The van der Waals surface area contributed by atoms with E-state index in [0.717, 1.165) is 6.26 Å². The van der Waals surface area contributed by atoms with Crippen LogP contribution in [0.4, 0.5) is 0 Å². The molecular formula is C5H9NO3S. The van der Waals surface area contributed by atoms with Crippen LogP contribution in [0.5, 0.6) is 0 Å². The molecule has 4 nitrogen and oxygen atoms in total. The Balaban J connectivity index is 2.74. The summed E-state index contributed by atoms with van der Waals surface area (Å²) in [6.45, 7) is 1.60. The van der Waals surface area contributed by atoms with Gasteiger partial charge in [0.25, 0.3) is 0 Å². The lowest BCUT2D eigenvalue weighted by Crippen LogP contribution is -2.60. The summed E-state index contributed by atoms with van der Waals surface area (Å²) in [5.74, 6) is -0.564. The normalized spacial score (nSPS) is 32.8. The largest absolute Gasteiger partial charge is 0.339 e. The predicted molar refractivity (Wildman–Crippen MR) is 35.9 cm³/mol. The highest BCUT2D eigenvalue weighted by Crippen LogP contribution is 2.17. The molecule has 5 heteroatoms. The second-order valence-electron chi connectivity index (χ2n) is 2.55. The molecule has 0 aromatic carbocycles. The summed E-state index contributed by atoms with van der Waals surface area (Å²) in [4.78, 5) is 10.5. The summed E-state index contributed by atoms with van der Waals surface area (Å²) in [5.41, 5.74) is 0. The number of carbonyl (C=O) groups excluding carboxylic acids is 1. The molecule has 1 N–H and O–H groups in total. The van der Waals surface area contributed by atoms with E-state index in [9.17, 15) is 13.2 Å². The van der Waals surface area contributed by atoms with Crippen molar-refractivity contribution in [1.82, 2.24) is 5.32 Å². The van der Waals surface area contributed by atoms with Gasteiger partial charge in [0.2, 0.25) is 5.91 Å². The minimum atomic E-state index is -3.08. The summed E-state index contributed by atoms with van der Waals surface area (Å²) in [6.07, 6.45) is 1.12. The highest BCUT2D eigenvalue weighted by molar-refractivity contribution is 7.91. The van der Waals surface area contributed by atoms with E-state index in [1.807, 2.05) is 0 Å². The van der Waals surface area contributed by atoms with Gasteiger partial charge in [-0.15, -0.1) is 0 Å². The molecule has 1 amide bonds. The number of amides is 1. The fourth-order valence-electron chi connectivity index (χ4n) is 0.916. The summed E-state index contributed by atoms with van der Waals surface area (Å²) in [7, 11) is -3.08. The molecule has 10 heavy (non-hydrogen) atoms. The van der Waals surface area contributed by atoms with Crippen molar-refractivity contribution in [3.8, 4) is 0 Å². The topological polar surface area (TPSA) is 63.2 Å². The molecule has 0 saturated carbocycles. The molecule has 2 unspecified atom stereocenters. The summed E-state index contributed by atoms with van der Waals surface area (Å²) in [6, 6.07) is 0. The molecule has 1 rings (SSSR count). The molecule has 1 aliphatic rings. The van der Waals surface area contributed by atoms with Crippen molar-refractivity contribution in [2.24, 2.45) is 5.92 Å². The van der Waals surface area contributed by atoms with Crippen LogP contribution in [-0.2, 0) is 14.6 Å². The molecule has 1 saturated heterocycles. The van der Waals surface area contributed by atoms with Crippen LogP contribution < -0.4 is 5.32 Å². The molecule has 0 aromatic rings. The number of sulfone groups is 1. The smallest absolute Gasteiger partial charge is 0.227 e. The van der Waals surface area contributed by atoms with Gasteiger partial charge in [-0.25, -0.2) is 8.42 Å². The predicted octanol–water partition coefficient (Wildman–Crippen LogP) is -0.877. The van der Waals surface area contributed by atoms with Crippen LogP contribution in [0.1, 0.15) is 6.92 Å². The maximum atomic E-state index is 10.8. The van der Waals surface area contributed by atoms with E-state index in [2.05, 4.69) is 5.32 Å². The Labute approximate surface area is 59.5 Å². The Kier molecular flexibility index (Phi) is 1.47. The molecule has 58 valence electrons. The Morgan fingerprint density at radius 2 is 2.00 bits per heavy atom. The number of hydrogen-bond donors (Lipinski definition) is 1. The van der Waals surface area contributed by atoms with Crippen molar-refractivity contribution in [2.75, 3.05) is 6.26 Å². The Morgan fingerprint density at radius 3 is 2.10 bits per heavy atom. The number of hydrogen-bond acceptors (Lipinski definition) is 3. The van der Waals surface area contributed by atoms with Crippen molar-refractivity contribution < 1.29 is 13.2 Å². The lowest BCUT2D eigenvalue weighted by atomic mass is 10.1. The van der Waals surface area contributed by atoms with E-state index in [1.54, 1.807) is 6.92 Å². The molecule has 1 fully saturated rings. The van der Waals surface area contributed by atoms with E-state index in [4.69, 9.17) is 0 Å². The highest BCUT2D eigenvalue weighted by atomic mass is 32.2. The first-order valence-electron chi connectivity index (χ1n) is 2.92. The minimum Gasteiger partial charge on any atom is -0.339 e. The van der Waals surface area contributed by atoms with Crippen molar-refractivity contribution in [2.45, 2.75) is 12.3 Å². The maximum Gasteiger partial charge on any atom is 0.227 e. The second-order valence-corrected chi connectivity index (χ2v) is 4.71. The van der Waals surface area contributed by atoms with Crippen LogP contribution in [0.2, 0.25) is 0 Å². The van der Waals surface area contributed by atoms with E-state index < -0.39 is 15.2 Å². The van der Waals surface area contributed by atoms with Crippen LogP contribution in [0, 0.1) is 5.92 Å². The fourth-order valence-corrected chi connectivity index (χ4v) is 2.11. The third kappa shape index (κ3) is 1.01. The number of β-lactam (4-membered cyclic amide) rings is 1. The van der Waals surface area contributed by atoms with Gasteiger partial charge >= 0.3 is 0 Å². The summed E-state index contributed by atoms with van der Waals surface area (Å²) < 4.78 is 21.5. The van der Waals surface area contributed by atoms with Crippen LogP contribution in [0.15, 0.2) is 0 Å². The zero-order valence-corrected chi connectivity index (χ0v) is 6.60. The van der Waals surface area contributed by atoms with Gasteiger partial charge in [0.05, 0.1) is 5.92 Å². The van der Waals surface area contributed by atoms with Gasteiger partial charge in [-0.05, 0) is 0 Å². The Hall–Kier alpha value is -0.580. The van der Waals surface area contributed by atoms with Gasteiger partial charge in [-0.3, -0.25) is 4.79 Å². The van der Waals surface area contributed by atoms with Crippen molar-refractivity contribution in [1.29, 1.82) is 0 Å². The average molecular weight is 163 g/mol. The highest BCUT2D eigenvalue weighted by Gasteiger charge is 2.41. The van der Waals surface area contributed by atoms with E-state index >= 15 is 0 Å². The molecule has 2 atom stereocenters. The van der Waals surface area contributed by atoms with E-state index in [0.29, 0.717) is 0 Å². The van der Waals surface area contributed by atoms with Crippen LogP contribution >= 0.6 is 0 Å². The van der Waals surface area contributed by atoms with Gasteiger partial charge in [0, 0.05) is 6.26 Å². The SMILES string of the molecule is CC1C(=O)NC1S(C)(=O)=O. The zero-order valence-electron chi connectivity index (χ0n) is 5.79. The standard InChI is InChI=1S/C5H9NO3S/c1-3-4(7)6-5(3)10(2,8)9/h3,5H,1-2H3,(H,6,7). The Bertz CT molecular complexity index is 256. The van der Waals surface area contributed by atoms with Gasteiger partial charge in [0.15, 0.2) is 9.84 Å². The maximum absolute atomic E-state index is 10.8. The van der Waals surface area contributed by atoms with E-state index in [-0.39, 0.29) is 11.8 Å². The molecule has 1 heterocycles. The van der Waals surface area contributed by atoms with Gasteiger partial charge in [-0.2, -0.15) is 0 Å². The molecule has 0 bridgehead atoms.